The molecule has 2 unspecified atom stereocenters. The molecule has 0 saturated carbocycles. The van der Waals surface area contributed by atoms with Gasteiger partial charge in [-0.3, -0.25) is 9.36 Å². The van der Waals surface area contributed by atoms with Crippen molar-refractivity contribution in [3.05, 3.63) is 72.1 Å². The number of aryl methyl sites for hydroxylation is 2. The first-order valence-electron chi connectivity index (χ1n) is 16.4. The molecule has 5 aromatic rings. The molecule has 4 N–H and O–H groups in total. The molecule has 4 aromatic heterocycles. The van der Waals surface area contributed by atoms with E-state index in [0.29, 0.717) is 40.8 Å². The smallest absolute Gasteiger partial charge is 0.338 e. The van der Waals surface area contributed by atoms with Crippen LogP contribution in [0.25, 0.3) is 22.5 Å². The summed E-state index contributed by atoms with van der Waals surface area (Å²) in [4.78, 5) is 31.8. The van der Waals surface area contributed by atoms with Gasteiger partial charge in [0.2, 0.25) is 11.9 Å². The molecule has 14 nitrogen and oxygen atoms in total. The monoisotopic (exact) mass is 648 g/mol. The Labute approximate surface area is 278 Å². The lowest BCUT2D eigenvalue weighted by Gasteiger charge is -2.22. The van der Waals surface area contributed by atoms with Crippen LogP contribution in [0.5, 0.6) is 0 Å². The van der Waals surface area contributed by atoms with E-state index in [2.05, 4.69) is 41.4 Å². The Hall–Kier alpha value is -5.21. The standard InChI is InChI=1S/C34H40N12O2/c1-21-13-37-33(41-24-15-39-45(19-24)26-6-4-10-35-17-26)43-30(21)23-8-9-28(32(47)48-3)29(12-23)31-22(2)14-38-34(44-31)42-25-16-40-46(20-25)27-7-5-11-36-18-27/h8-9,12-16,19-20,26-27,35-36H,4-7,10-11,17-18H2,1-3H3,(H,37,41,43)(H,38,42,44). The summed E-state index contributed by atoms with van der Waals surface area (Å²) in [5.74, 6) is 0.385. The van der Waals surface area contributed by atoms with E-state index in [1.807, 2.05) is 47.7 Å². The van der Waals surface area contributed by atoms with Crippen LogP contribution in [-0.4, -0.2) is 78.8 Å². The molecule has 0 aliphatic carbocycles. The number of hydrogen-bond acceptors (Lipinski definition) is 12. The van der Waals surface area contributed by atoms with Crippen molar-refractivity contribution in [2.75, 3.05) is 43.9 Å². The highest BCUT2D eigenvalue weighted by molar-refractivity contribution is 5.98. The average molecular weight is 649 g/mol. The van der Waals surface area contributed by atoms with Crippen LogP contribution >= 0.6 is 0 Å². The molecule has 248 valence electrons. The number of piperidine rings is 2. The van der Waals surface area contributed by atoms with Gasteiger partial charge in [0.1, 0.15) is 0 Å². The van der Waals surface area contributed by atoms with Gasteiger partial charge in [0.25, 0.3) is 0 Å². The van der Waals surface area contributed by atoms with Gasteiger partial charge in [0, 0.05) is 49.0 Å². The summed E-state index contributed by atoms with van der Waals surface area (Å²) in [5.41, 5.74) is 6.43. The van der Waals surface area contributed by atoms with E-state index < -0.39 is 5.97 Å². The minimum Gasteiger partial charge on any atom is -0.465 e. The number of carbonyl (C=O) groups is 1. The summed E-state index contributed by atoms with van der Waals surface area (Å²) in [5, 5.41) is 22.6. The highest BCUT2D eigenvalue weighted by Gasteiger charge is 2.21. The van der Waals surface area contributed by atoms with Gasteiger partial charge >= 0.3 is 5.97 Å². The van der Waals surface area contributed by atoms with Gasteiger partial charge in [0.15, 0.2) is 0 Å². The average Bonchev–Trinajstić information content (AvgIpc) is 3.80. The van der Waals surface area contributed by atoms with Crippen molar-refractivity contribution in [2.24, 2.45) is 0 Å². The SMILES string of the molecule is COC(=O)c1ccc(-c2nc(Nc3cnn(C4CCCNC4)c3)ncc2C)cc1-c1nc(Nc2cnn(C3CCCNC3)c2)ncc1C. The predicted octanol–water partition coefficient (Wildman–Crippen LogP) is 4.73. The molecule has 2 saturated heterocycles. The summed E-state index contributed by atoms with van der Waals surface area (Å²) >= 11 is 0. The lowest BCUT2D eigenvalue weighted by molar-refractivity contribution is 0.0601. The highest BCUT2D eigenvalue weighted by atomic mass is 16.5. The van der Waals surface area contributed by atoms with Crippen LogP contribution in [0.1, 0.15) is 59.3 Å². The lowest BCUT2D eigenvalue weighted by atomic mass is 9.96. The summed E-state index contributed by atoms with van der Waals surface area (Å²) in [6.07, 6.45) is 15.5. The number of nitrogens with one attached hydrogen (secondary N) is 4. The molecule has 0 radical (unpaired) electrons. The number of benzene rings is 1. The maximum atomic E-state index is 13.0. The van der Waals surface area contributed by atoms with Crippen LogP contribution in [0.15, 0.2) is 55.4 Å². The Morgan fingerprint density at radius 2 is 1.38 bits per heavy atom. The predicted molar refractivity (Wildman–Crippen MR) is 183 cm³/mol. The van der Waals surface area contributed by atoms with Crippen LogP contribution in [-0.2, 0) is 4.74 Å². The third-order valence-electron chi connectivity index (χ3n) is 8.90. The lowest BCUT2D eigenvalue weighted by Crippen LogP contribution is -2.31. The highest BCUT2D eigenvalue weighted by Crippen LogP contribution is 2.33. The Balaban J connectivity index is 1.18. The molecule has 2 aliphatic rings. The molecule has 1 aromatic carbocycles. The quantitative estimate of drug-likeness (QED) is 0.163. The fourth-order valence-electron chi connectivity index (χ4n) is 6.33. The Morgan fingerprint density at radius 3 is 1.92 bits per heavy atom. The van der Waals surface area contributed by atoms with Gasteiger partial charge in [-0.2, -0.15) is 10.2 Å². The fraction of sp³-hybridized carbons (Fsp3) is 0.382. The van der Waals surface area contributed by atoms with Gasteiger partial charge < -0.3 is 26.0 Å². The van der Waals surface area contributed by atoms with Crippen molar-refractivity contribution in [2.45, 2.75) is 51.6 Å². The summed E-state index contributed by atoms with van der Waals surface area (Å²) in [6.45, 7) is 7.77. The molecule has 7 rings (SSSR count). The number of rotatable bonds is 9. The second-order valence-corrected chi connectivity index (χ2v) is 12.4. The zero-order valence-electron chi connectivity index (χ0n) is 27.4. The largest absolute Gasteiger partial charge is 0.465 e. The number of methoxy groups -OCH3 is 1. The Bertz CT molecular complexity index is 1910. The van der Waals surface area contributed by atoms with Gasteiger partial charge in [-0.15, -0.1) is 0 Å². The van der Waals surface area contributed by atoms with Crippen molar-refractivity contribution < 1.29 is 9.53 Å². The molecule has 2 atom stereocenters. The Morgan fingerprint density at radius 1 is 0.812 bits per heavy atom. The number of nitrogens with zero attached hydrogens (tertiary/aromatic N) is 8. The van der Waals surface area contributed by atoms with Crippen molar-refractivity contribution in [3.8, 4) is 22.5 Å². The third-order valence-corrected chi connectivity index (χ3v) is 8.90. The third kappa shape index (κ3) is 6.75. The minimum absolute atomic E-state index is 0.312. The first kappa shape index (κ1) is 31.4. The zero-order chi connectivity index (χ0) is 33.0. The molecule has 0 spiro atoms. The van der Waals surface area contributed by atoms with Crippen molar-refractivity contribution in [1.82, 2.24) is 50.1 Å². The van der Waals surface area contributed by atoms with E-state index >= 15 is 0 Å². The molecule has 2 fully saturated rings. The maximum Gasteiger partial charge on any atom is 0.338 e. The first-order chi connectivity index (χ1) is 23.4. The van der Waals surface area contributed by atoms with Crippen LogP contribution < -0.4 is 21.3 Å². The minimum atomic E-state index is -0.460. The van der Waals surface area contributed by atoms with E-state index in [1.54, 1.807) is 30.9 Å². The van der Waals surface area contributed by atoms with E-state index in [1.165, 1.54) is 7.11 Å². The fourth-order valence-corrected chi connectivity index (χ4v) is 6.33. The molecular weight excluding hydrogens is 608 g/mol. The molecular formula is C34H40N12O2. The van der Waals surface area contributed by atoms with Crippen LogP contribution in [0.2, 0.25) is 0 Å². The number of anilines is 4. The number of esters is 1. The van der Waals surface area contributed by atoms with Crippen molar-refractivity contribution in [3.63, 3.8) is 0 Å². The summed E-state index contributed by atoms with van der Waals surface area (Å²) in [6, 6.07) is 6.18. The number of hydrogen-bond donors (Lipinski definition) is 4. The maximum absolute atomic E-state index is 13.0. The number of carbonyl (C=O) groups excluding carboxylic acids is 1. The van der Waals surface area contributed by atoms with Crippen LogP contribution in [0, 0.1) is 13.8 Å². The van der Waals surface area contributed by atoms with Crippen LogP contribution in [0.3, 0.4) is 0 Å². The normalized spacial score (nSPS) is 18.0. The molecule has 14 heteroatoms. The Kier molecular flexibility index (Phi) is 9.07. The van der Waals surface area contributed by atoms with Crippen molar-refractivity contribution in [1.29, 1.82) is 0 Å². The van der Waals surface area contributed by atoms with Gasteiger partial charge in [-0.25, -0.2) is 24.7 Å². The number of ether oxygens (including phenoxy) is 1. The molecule has 6 heterocycles. The van der Waals surface area contributed by atoms with Crippen molar-refractivity contribution >= 4 is 29.2 Å². The zero-order valence-corrected chi connectivity index (χ0v) is 27.4. The molecule has 2 aliphatic heterocycles. The molecule has 0 amide bonds. The summed E-state index contributed by atoms with van der Waals surface area (Å²) in [7, 11) is 1.37. The van der Waals surface area contributed by atoms with Gasteiger partial charge in [0.05, 0.1) is 59.9 Å². The molecule has 48 heavy (non-hydrogen) atoms. The van der Waals surface area contributed by atoms with E-state index in [0.717, 1.165) is 85.6 Å². The second-order valence-electron chi connectivity index (χ2n) is 12.4. The first-order valence-corrected chi connectivity index (χ1v) is 16.4. The van der Waals surface area contributed by atoms with E-state index in [4.69, 9.17) is 14.7 Å². The van der Waals surface area contributed by atoms with Gasteiger partial charge in [-0.05, 0) is 75.9 Å². The van der Waals surface area contributed by atoms with Crippen LogP contribution in [0.4, 0.5) is 23.3 Å². The van der Waals surface area contributed by atoms with Gasteiger partial charge in [-0.1, -0.05) is 6.07 Å². The molecule has 0 bridgehead atoms. The van der Waals surface area contributed by atoms with E-state index in [-0.39, 0.29) is 0 Å². The second kappa shape index (κ2) is 13.9. The summed E-state index contributed by atoms with van der Waals surface area (Å²) < 4.78 is 9.14. The topological polar surface area (TPSA) is 162 Å². The van der Waals surface area contributed by atoms with E-state index in [9.17, 15) is 4.79 Å². The number of aromatic nitrogens is 8.